The van der Waals surface area contributed by atoms with Crippen LogP contribution in [0.5, 0.6) is 0 Å². The van der Waals surface area contributed by atoms with E-state index in [0.29, 0.717) is 6.61 Å². The number of carbonyl (C=O) groups excluding carboxylic acids is 1. The molecule has 2 aromatic rings. The van der Waals surface area contributed by atoms with E-state index in [1.54, 1.807) is 13.2 Å². The van der Waals surface area contributed by atoms with Gasteiger partial charge in [0.05, 0.1) is 24.0 Å². The number of hydrogen-bond acceptors (Lipinski definition) is 4. The number of methoxy groups -OCH3 is 1. The van der Waals surface area contributed by atoms with Gasteiger partial charge in [-0.2, -0.15) is 5.10 Å². The zero-order valence-electron chi connectivity index (χ0n) is 20.2. The SMILES string of the molecule is C=CC=CC(=CC)n1nc2c(c1NC(=O)NC1CN(CCOC)CC1c1ccccc1)CCC2. The number of anilines is 1. The van der Waals surface area contributed by atoms with Gasteiger partial charge in [-0.15, -0.1) is 0 Å². The van der Waals surface area contributed by atoms with Crippen molar-refractivity contribution >= 4 is 17.5 Å². The maximum Gasteiger partial charge on any atom is 0.320 e. The Morgan fingerprint density at radius 3 is 2.82 bits per heavy atom. The summed E-state index contributed by atoms with van der Waals surface area (Å²) >= 11 is 0. The molecule has 0 spiro atoms. The van der Waals surface area contributed by atoms with Gasteiger partial charge in [0.2, 0.25) is 0 Å². The first-order chi connectivity index (χ1) is 16.6. The molecule has 0 saturated carbocycles. The Bertz CT molecular complexity index is 1060. The average molecular weight is 462 g/mol. The molecule has 2 unspecified atom stereocenters. The standard InChI is InChI=1S/C27H35N5O2/c1-4-6-13-21(5-2)32-26(22-14-10-15-24(22)30-32)29-27(33)28-25-19-31(16-17-34-3)18-23(25)20-11-8-7-9-12-20/h4-9,11-13,23,25H,1,10,14-19H2,2-3H3,(H2,28,29,33). The van der Waals surface area contributed by atoms with E-state index in [2.05, 4.69) is 46.4 Å². The highest BCUT2D eigenvalue weighted by molar-refractivity contribution is 5.90. The number of carbonyl (C=O) groups is 1. The highest BCUT2D eigenvalue weighted by atomic mass is 16.5. The Hall–Kier alpha value is -3.16. The molecule has 2 amide bonds. The fourth-order valence-electron chi connectivity index (χ4n) is 4.95. The molecule has 0 radical (unpaired) electrons. The van der Waals surface area contributed by atoms with Gasteiger partial charge in [0.1, 0.15) is 5.82 Å². The first kappa shape index (κ1) is 24.0. The minimum atomic E-state index is -0.196. The Labute approximate surface area is 202 Å². The number of rotatable bonds is 9. The number of benzene rings is 1. The fraction of sp³-hybridized carbons (Fsp3) is 0.407. The third-order valence-corrected chi connectivity index (χ3v) is 6.63. The van der Waals surface area contributed by atoms with E-state index in [1.165, 1.54) is 5.56 Å². The summed E-state index contributed by atoms with van der Waals surface area (Å²) in [5, 5.41) is 11.2. The molecule has 1 saturated heterocycles. The van der Waals surface area contributed by atoms with Crippen molar-refractivity contribution in [2.24, 2.45) is 0 Å². The molecule has 180 valence electrons. The highest BCUT2D eigenvalue weighted by Gasteiger charge is 2.35. The van der Waals surface area contributed by atoms with Crippen LogP contribution in [0.4, 0.5) is 10.6 Å². The number of likely N-dealkylation sites (tertiary alicyclic amines) is 1. The molecule has 1 aromatic carbocycles. The highest BCUT2D eigenvalue weighted by Crippen LogP contribution is 2.32. The topological polar surface area (TPSA) is 71.4 Å². The number of aromatic nitrogens is 2. The minimum Gasteiger partial charge on any atom is -0.383 e. The van der Waals surface area contributed by atoms with Crippen LogP contribution < -0.4 is 10.6 Å². The second-order valence-corrected chi connectivity index (χ2v) is 8.82. The number of aryl methyl sites for hydroxylation is 1. The number of urea groups is 1. The summed E-state index contributed by atoms with van der Waals surface area (Å²) in [5.41, 5.74) is 4.34. The molecular weight excluding hydrogens is 426 g/mol. The summed E-state index contributed by atoms with van der Waals surface area (Å²) in [4.78, 5) is 15.6. The quantitative estimate of drug-likeness (QED) is 0.549. The molecule has 4 rings (SSSR count). The van der Waals surface area contributed by atoms with E-state index < -0.39 is 0 Å². The van der Waals surface area contributed by atoms with Crippen LogP contribution in [0.3, 0.4) is 0 Å². The van der Waals surface area contributed by atoms with Gasteiger partial charge in [-0.1, -0.05) is 55.1 Å². The monoisotopic (exact) mass is 461 g/mol. The number of nitrogens with zero attached hydrogens (tertiary/aromatic N) is 3. The lowest BCUT2D eigenvalue weighted by Crippen LogP contribution is -2.42. The maximum atomic E-state index is 13.3. The molecule has 2 atom stereocenters. The van der Waals surface area contributed by atoms with Crippen molar-refractivity contribution in [3.63, 3.8) is 0 Å². The van der Waals surface area contributed by atoms with E-state index in [1.807, 2.05) is 35.9 Å². The van der Waals surface area contributed by atoms with E-state index in [9.17, 15) is 4.79 Å². The van der Waals surface area contributed by atoms with Crippen molar-refractivity contribution in [3.8, 4) is 0 Å². The van der Waals surface area contributed by atoms with Crippen molar-refractivity contribution < 1.29 is 9.53 Å². The third-order valence-electron chi connectivity index (χ3n) is 6.63. The van der Waals surface area contributed by atoms with Crippen molar-refractivity contribution in [3.05, 3.63) is 78.0 Å². The second-order valence-electron chi connectivity index (χ2n) is 8.82. The van der Waals surface area contributed by atoms with Crippen LogP contribution in [0.2, 0.25) is 0 Å². The molecule has 1 aromatic heterocycles. The smallest absolute Gasteiger partial charge is 0.320 e. The van der Waals surface area contributed by atoms with Crippen LogP contribution in [-0.4, -0.2) is 60.1 Å². The minimum absolute atomic E-state index is 0.00512. The molecule has 2 N–H and O–H groups in total. The molecule has 1 aliphatic carbocycles. The van der Waals surface area contributed by atoms with Crippen LogP contribution in [0.1, 0.15) is 36.1 Å². The van der Waals surface area contributed by atoms with Crippen LogP contribution in [0.25, 0.3) is 5.70 Å². The molecule has 34 heavy (non-hydrogen) atoms. The summed E-state index contributed by atoms with van der Waals surface area (Å²) in [6, 6.07) is 10.2. The van der Waals surface area contributed by atoms with Crippen LogP contribution in [0, 0.1) is 0 Å². The first-order valence-corrected chi connectivity index (χ1v) is 12.0. The van der Waals surface area contributed by atoms with Crippen molar-refractivity contribution in [2.75, 3.05) is 38.7 Å². The van der Waals surface area contributed by atoms with Crippen molar-refractivity contribution in [1.82, 2.24) is 20.0 Å². The van der Waals surface area contributed by atoms with E-state index in [-0.39, 0.29) is 18.0 Å². The molecule has 0 bridgehead atoms. The molecule has 2 aliphatic rings. The molecule has 7 heteroatoms. The Balaban J connectivity index is 1.53. The van der Waals surface area contributed by atoms with Crippen LogP contribution >= 0.6 is 0 Å². The number of ether oxygens (including phenoxy) is 1. The molecular formula is C27H35N5O2. The van der Waals surface area contributed by atoms with Crippen LogP contribution in [0.15, 0.2) is 61.2 Å². The molecule has 1 aliphatic heterocycles. The Morgan fingerprint density at radius 1 is 1.26 bits per heavy atom. The average Bonchev–Trinajstić information content (AvgIpc) is 3.55. The lowest BCUT2D eigenvalue weighted by molar-refractivity contribution is 0.159. The summed E-state index contributed by atoms with van der Waals surface area (Å²) in [6.45, 7) is 8.93. The summed E-state index contributed by atoms with van der Waals surface area (Å²) in [6.07, 6.45) is 10.5. The largest absolute Gasteiger partial charge is 0.383 e. The zero-order chi connectivity index (χ0) is 23.9. The summed E-state index contributed by atoms with van der Waals surface area (Å²) < 4.78 is 7.12. The second kappa shape index (κ2) is 11.3. The molecule has 1 fully saturated rings. The number of amides is 2. The summed E-state index contributed by atoms with van der Waals surface area (Å²) in [5.74, 6) is 0.985. The van der Waals surface area contributed by atoms with Gasteiger partial charge in [0.25, 0.3) is 0 Å². The van der Waals surface area contributed by atoms with Gasteiger partial charge in [-0.25, -0.2) is 9.48 Å². The van der Waals surface area contributed by atoms with Gasteiger partial charge in [0, 0.05) is 38.2 Å². The fourth-order valence-corrected chi connectivity index (χ4v) is 4.95. The Morgan fingerprint density at radius 2 is 2.09 bits per heavy atom. The predicted octanol–water partition coefficient (Wildman–Crippen LogP) is 4.21. The van der Waals surface area contributed by atoms with E-state index in [4.69, 9.17) is 9.84 Å². The van der Waals surface area contributed by atoms with Gasteiger partial charge in [-0.05, 0) is 37.8 Å². The van der Waals surface area contributed by atoms with Crippen LogP contribution in [-0.2, 0) is 17.6 Å². The van der Waals surface area contributed by atoms with Crippen molar-refractivity contribution in [1.29, 1.82) is 0 Å². The predicted molar refractivity (Wildman–Crippen MR) is 137 cm³/mol. The maximum absolute atomic E-state index is 13.3. The van der Waals surface area contributed by atoms with E-state index >= 15 is 0 Å². The Kier molecular flexibility index (Phi) is 7.98. The normalized spacial score (nSPS) is 20.6. The lowest BCUT2D eigenvalue weighted by Gasteiger charge is -2.21. The molecule has 7 nitrogen and oxygen atoms in total. The lowest BCUT2D eigenvalue weighted by atomic mass is 9.94. The van der Waals surface area contributed by atoms with Gasteiger partial charge >= 0.3 is 6.03 Å². The van der Waals surface area contributed by atoms with Gasteiger partial charge in [-0.3, -0.25) is 10.2 Å². The van der Waals surface area contributed by atoms with Gasteiger partial charge < -0.3 is 10.1 Å². The van der Waals surface area contributed by atoms with Crippen molar-refractivity contribution in [2.45, 2.75) is 38.1 Å². The molecule has 2 heterocycles. The first-order valence-electron chi connectivity index (χ1n) is 12.0. The third kappa shape index (κ3) is 5.32. The number of allylic oxidation sites excluding steroid dienone is 5. The van der Waals surface area contributed by atoms with E-state index in [0.717, 1.165) is 61.7 Å². The zero-order valence-corrected chi connectivity index (χ0v) is 20.2. The number of hydrogen-bond donors (Lipinski definition) is 2. The summed E-state index contributed by atoms with van der Waals surface area (Å²) in [7, 11) is 1.72. The number of nitrogens with one attached hydrogen (secondary N) is 2. The van der Waals surface area contributed by atoms with Gasteiger partial charge in [0.15, 0.2) is 0 Å². The number of fused-ring (bicyclic) bond motifs is 1.